The van der Waals surface area contributed by atoms with E-state index in [1.807, 2.05) is 0 Å². The molecule has 0 aliphatic carbocycles. The Morgan fingerprint density at radius 3 is 3.00 bits per heavy atom. The molecule has 2 nitrogen and oxygen atoms in total. The molecule has 1 aliphatic rings. The van der Waals surface area contributed by atoms with Gasteiger partial charge in [0.15, 0.2) is 0 Å². The summed E-state index contributed by atoms with van der Waals surface area (Å²) in [5.41, 5.74) is 1.35. The van der Waals surface area contributed by atoms with Crippen molar-refractivity contribution >= 4 is 31.9 Å². The van der Waals surface area contributed by atoms with Crippen molar-refractivity contribution < 1.29 is 0 Å². The van der Waals surface area contributed by atoms with E-state index in [0.29, 0.717) is 6.04 Å². The van der Waals surface area contributed by atoms with E-state index in [-0.39, 0.29) is 0 Å². The molecule has 0 aromatic carbocycles. The number of aromatic nitrogens is 1. The molecule has 1 aliphatic heterocycles. The topological polar surface area (TPSA) is 17.0 Å². The van der Waals surface area contributed by atoms with E-state index in [1.54, 1.807) is 0 Å². The van der Waals surface area contributed by atoms with Gasteiger partial charge in [-0.1, -0.05) is 0 Å². The second-order valence-electron chi connectivity index (χ2n) is 3.04. The zero-order chi connectivity index (χ0) is 8.72. The first kappa shape index (κ1) is 8.78. The van der Waals surface area contributed by atoms with Crippen LogP contribution in [-0.4, -0.2) is 11.1 Å². The van der Waals surface area contributed by atoms with Crippen LogP contribution in [0.3, 0.4) is 0 Å². The summed E-state index contributed by atoms with van der Waals surface area (Å²) in [5, 5.41) is 3.42. The molecule has 0 saturated carbocycles. The lowest BCUT2D eigenvalue weighted by atomic mass is 10.2. The zero-order valence-electron chi connectivity index (χ0n) is 6.77. The van der Waals surface area contributed by atoms with Crippen LogP contribution in [0, 0.1) is 0 Å². The van der Waals surface area contributed by atoms with E-state index < -0.39 is 0 Å². The fraction of sp³-hybridized carbons (Fsp3) is 0.500. The number of fused-ring (bicyclic) bond motifs is 1. The second-order valence-corrected chi connectivity index (χ2v) is 4.64. The van der Waals surface area contributed by atoms with Crippen LogP contribution in [0.5, 0.6) is 0 Å². The maximum atomic E-state index is 3.55. The number of nitrogens with zero attached hydrogens (tertiary/aromatic N) is 1. The average Bonchev–Trinajstić information content (AvgIpc) is 2.32. The molecule has 2 rings (SSSR count). The van der Waals surface area contributed by atoms with Gasteiger partial charge in [0.1, 0.15) is 0 Å². The Balaban J connectivity index is 2.52. The monoisotopic (exact) mass is 292 g/mol. The summed E-state index contributed by atoms with van der Waals surface area (Å²) in [5.74, 6) is 0. The van der Waals surface area contributed by atoms with Crippen LogP contribution in [-0.2, 0) is 6.54 Å². The lowest BCUT2D eigenvalue weighted by Crippen LogP contribution is -2.31. The molecule has 2 heterocycles. The summed E-state index contributed by atoms with van der Waals surface area (Å²) in [4.78, 5) is 0. The molecule has 12 heavy (non-hydrogen) atoms. The maximum Gasteiger partial charge on any atom is 0.0993 e. The van der Waals surface area contributed by atoms with Gasteiger partial charge in [-0.15, -0.1) is 0 Å². The molecule has 0 bridgehead atoms. The molecule has 1 aromatic rings. The molecule has 1 unspecified atom stereocenters. The van der Waals surface area contributed by atoms with Crippen LogP contribution in [0.4, 0.5) is 0 Å². The Hall–Kier alpha value is 0.200. The van der Waals surface area contributed by atoms with Crippen molar-refractivity contribution in [1.29, 1.82) is 0 Å². The summed E-state index contributed by atoms with van der Waals surface area (Å²) in [6.45, 7) is 4.28. The van der Waals surface area contributed by atoms with Gasteiger partial charge in [0.2, 0.25) is 0 Å². The maximum absolute atomic E-state index is 3.55. The van der Waals surface area contributed by atoms with Gasteiger partial charge in [-0.05, 0) is 44.8 Å². The lowest BCUT2D eigenvalue weighted by molar-refractivity contribution is 0.444. The predicted molar refractivity (Wildman–Crippen MR) is 56.2 cm³/mol. The summed E-state index contributed by atoms with van der Waals surface area (Å²) in [6.07, 6.45) is 0. The zero-order valence-corrected chi connectivity index (χ0v) is 9.94. The van der Waals surface area contributed by atoms with Gasteiger partial charge >= 0.3 is 0 Å². The number of halogens is 2. The van der Waals surface area contributed by atoms with Gasteiger partial charge in [-0.3, -0.25) is 0 Å². The predicted octanol–water partition coefficient (Wildman–Crippen LogP) is 2.68. The number of hydrogen-bond acceptors (Lipinski definition) is 1. The summed E-state index contributed by atoms with van der Waals surface area (Å²) in [6, 6.07) is 2.63. The van der Waals surface area contributed by atoms with E-state index >= 15 is 0 Å². The van der Waals surface area contributed by atoms with Crippen molar-refractivity contribution in [1.82, 2.24) is 9.88 Å². The van der Waals surface area contributed by atoms with Crippen LogP contribution >= 0.6 is 31.9 Å². The first-order valence-corrected chi connectivity index (χ1v) is 5.56. The highest BCUT2D eigenvalue weighted by Crippen LogP contribution is 2.31. The van der Waals surface area contributed by atoms with Crippen LogP contribution in [0.15, 0.2) is 15.1 Å². The SMILES string of the molecule is CC1NCCn2c1cc(Br)c2Br. The minimum atomic E-state index is 0.460. The molecule has 0 amide bonds. The number of nitrogens with one attached hydrogen (secondary N) is 1. The van der Waals surface area contributed by atoms with Gasteiger partial charge < -0.3 is 9.88 Å². The van der Waals surface area contributed by atoms with Crippen molar-refractivity contribution in [2.75, 3.05) is 6.54 Å². The highest BCUT2D eigenvalue weighted by atomic mass is 79.9. The minimum absolute atomic E-state index is 0.460. The molecule has 0 saturated heterocycles. The summed E-state index contributed by atoms with van der Waals surface area (Å²) < 4.78 is 4.60. The Labute approximate surface area is 88.6 Å². The normalized spacial score (nSPS) is 22.4. The van der Waals surface area contributed by atoms with Crippen molar-refractivity contribution in [2.24, 2.45) is 0 Å². The molecule has 4 heteroatoms. The Morgan fingerprint density at radius 2 is 2.33 bits per heavy atom. The summed E-state index contributed by atoms with van der Waals surface area (Å²) >= 11 is 7.06. The molecule has 1 N–H and O–H groups in total. The van der Waals surface area contributed by atoms with Crippen molar-refractivity contribution in [3.8, 4) is 0 Å². The van der Waals surface area contributed by atoms with E-state index in [1.165, 1.54) is 5.69 Å². The average molecular weight is 294 g/mol. The Kier molecular flexibility index (Phi) is 2.31. The van der Waals surface area contributed by atoms with Gasteiger partial charge in [0.05, 0.1) is 9.08 Å². The lowest BCUT2D eigenvalue weighted by Gasteiger charge is -2.23. The molecule has 0 spiro atoms. The summed E-state index contributed by atoms with van der Waals surface area (Å²) in [7, 11) is 0. The van der Waals surface area contributed by atoms with Crippen LogP contribution in [0.25, 0.3) is 0 Å². The number of rotatable bonds is 0. The van der Waals surface area contributed by atoms with Crippen molar-refractivity contribution in [3.05, 3.63) is 20.8 Å². The molecular formula is C8H10Br2N2. The molecule has 66 valence electrons. The Morgan fingerprint density at radius 1 is 1.58 bits per heavy atom. The van der Waals surface area contributed by atoms with Crippen LogP contribution < -0.4 is 5.32 Å². The van der Waals surface area contributed by atoms with Gasteiger partial charge in [-0.2, -0.15) is 0 Å². The molecular weight excluding hydrogens is 284 g/mol. The van der Waals surface area contributed by atoms with E-state index in [0.717, 1.165) is 22.2 Å². The standard InChI is InChI=1S/C8H10Br2N2/c1-5-7-4-6(9)8(10)12(7)3-2-11-5/h4-5,11H,2-3H2,1H3. The third kappa shape index (κ3) is 1.26. The van der Waals surface area contributed by atoms with Gasteiger partial charge in [0.25, 0.3) is 0 Å². The van der Waals surface area contributed by atoms with E-state index in [2.05, 4.69) is 54.7 Å². The third-order valence-electron chi connectivity index (χ3n) is 2.25. The first-order valence-electron chi connectivity index (χ1n) is 3.98. The van der Waals surface area contributed by atoms with Gasteiger partial charge in [0, 0.05) is 24.8 Å². The molecule has 0 fully saturated rings. The quantitative estimate of drug-likeness (QED) is 0.778. The number of hydrogen-bond donors (Lipinski definition) is 1. The fourth-order valence-corrected chi connectivity index (χ4v) is 2.54. The van der Waals surface area contributed by atoms with E-state index in [9.17, 15) is 0 Å². The highest BCUT2D eigenvalue weighted by molar-refractivity contribution is 9.13. The smallest absolute Gasteiger partial charge is 0.0993 e. The minimum Gasteiger partial charge on any atom is -0.336 e. The van der Waals surface area contributed by atoms with Crippen molar-refractivity contribution in [2.45, 2.75) is 19.5 Å². The molecule has 0 radical (unpaired) electrons. The highest BCUT2D eigenvalue weighted by Gasteiger charge is 2.19. The molecule has 1 atom stereocenters. The first-order chi connectivity index (χ1) is 5.70. The second kappa shape index (κ2) is 3.16. The van der Waals surface area contributed by atoms with Crippen LogP contribution in [0.1, 0.15) is 18.7 Å². The van der Waals surface area contributed by atoms with Crippen molar-refractivity contribution in [3.63, 3.8) is 0 Å². The Bertz CT molecular complexity index is 306. The van der Waals surface area contributed by atoms with Gasteiger partial charge in [-0.25, -0.2) is 0 Å². The largest absolute Gasteiger partial charge is 0.336 e. The fourth-order valence-electron chi connectivity index (χ4n) is 1.59. The third-order valence-corrected chi connectivity index (χ3v) is 4.24. The van der Waals surface area contributed by atoms with E-state index in [4.69, 9.17) is 0 Å². The van der Waals surface area contributed by atoms with Crippen LogP contribution in [0.2, 0.25) is 0 Å². The molecule has 1 aromatic heterocycles.